The van der Waals surface area contributed by atoms with E-state index in [1.165, 1.54) is 12.8 Å². The fraction of sp³-hybridized carbons (Fsp3) is 0.385. The number of anilines is 1. The molecule has 0 aliphatic carbocycles. The minimum atomic E-state index is 0.245. The van der Waals surface area contributed by atoms with Crippen molar-refractivity contribution >= 4 is 5.95 Å². The maximum atomic E-state index is 4.42. The third kappa shape index (κ3) is 2.16. The second kappa shape index (κ2) is 5.08. The molecule has 0 spiro atoms. The molecule has 5 heteroatoms. The van der Waals surface area contributed by atoms with E-state index >= 15 is 0 Å². The molecule has 1 aliphatic rings. The topological polar surface area (TPSA) is 54.8 Å². The summed E-state index contributed by atoms with van der Waals surface area (Å²) in [7, 11) is 0. The highest BCUT2D eigenvalue weighted by Gasteiger charge is 2.26. The molecular weight excluding hydrogens is 226 g/mol. The lowest BCUT2D eigenvalue weighted by Crippen LogP contribution is -2.35. The summed E-state index contributed by atoms with van der Waals surface area (Å²) in [5.74, 6) is 0.785. The Bertz CT molecular complexity index is 440. The van der Waals surface area contributed by atoms with Crippen molar-refractivity contribution in [1.82, 2.24) is 19.9 Å². The summed E-state index contributed by atoms with van der Waals surface area (Å²) in [6.45, 7) is 0.977. The lowest BCUT2D eigenvalue weighted by molar-refractivity contribution is 0.457. The van der Waals surface area contributed by atoms with Crippen LogP contribution in [0.5, 0.6) is 0 Å². The van der Waals surface area contributed by atoms with Gasteiger partial charge in [-0.3, -0.25) is 9.97 Å². The molecule has 3 heterocycles. The van der Waals surface area contributed by atoms with E-state index in [0.29, 0.717) is 0 Å². The van der Waals surface area contributed by atoms with E-state index in [2.05, 4.69) is 24.8 Å². The van der Waals surface area contributed by atoms with Crippen LogP contribution in [-0.2, 0) is 0 Å². The molecule has 1 fully saturated rings. The average Bonchev–Trinajstić information content (AvgIpc) is 2.49. The Hall–Kier alpha value is -2.04. The van der Waals surface area contributed by atoms with Crippen LogP contribution in [0, 0.1) is 0 Å². The van der Waals surface area contributed by atoms with E-state index in [1.54, 1.807) is 24.8 Å². The lowest BCUT2D eigenvalue weighted by Gasteiger charge is -2.35. The summed E-state index contributed by atoms with van der Waals surface area (Å²) in [6, 6.07) is 2.08. The molecule has 0 saturated carbocycles. The van der Waals surface area contributed by atoms with Crippen LogP contribution in [0.4, 0.5) is 5.95 Å². The van der Waals surface area contributed by atoms with Crippen molar-refractivity contribution in [3.63, 3.8) is 0 Å². The summed E-state index contributed by atoms with van der Waals surface area (Å²) in [4.78, 5) is 19.5. The standard InChI is InChI=1S/C13H15N5/c1-2-9-18(13-16-5-3-6-17-13)12(4-1)11-10-14-7-8-15-11/h3,5-8,10,12H,1-2,4,9H2/t12-/m1/s1. The summed E-state index contributed by atoms with van der Waals surface area (Å²) in [5.41, 5.74) is 1.00. The number of rotatable bonds is 2. The van der Waals surface area contributed by atoms with Gasteiger partial charge < -0.3 is 4.90 Å². The molecule has 2 aromatic rings. The first-order chi connectivity index (χ1) is 8.95. The number of aromatic nitrogens is 4. The zero-order chi connectivity index (χ0) is 12.2. The van der Waals surface area contributed by atoms with Crippen LogP contribution < -0.4 is 4.90 Å². The Morgan fingerprint density at radius 3 is 2.67 bits per heavy atom. The van der Waals surface area contributed by atoms with Crippen molar-refractivity contribution in [3.05, 3.63) is 42.7 Å². The van der Waals surface area contributed by atoms with Gasteiger partial charge in [-0.2, -0.15) is 0 Å². The Morgan fingerprint density at radius 1 is 1.00 bits per heavy atom. The first-order valence-electron chi connectivity index (χ1n) is 6.25. The molecule has 2 aromatic heterocycles. The number of piperidine rings is 1. The van der Waals surface area contributed by atoms with Crippen LogP contribution in [0.2, 0.25) is 0 Å². The Morgan fingerprint density at radius 2 is 1.89 bits per heavy atom. The fourth-order valence-electron chi connectivity index (χ4n) is 2.40. The SMILES string of the molecule is c1cnc(N2CCCC[C@@H]2c2cnccn2)nc1. The molecule has 0 N–H and O–H groups in total. The Labute approximate surface area is 106 Å². The van der Waals surface area contributed by atoms with Gasteiger partial charge in [0.15, 0.2) is 0 Å². The van der Waals surface area contributed by atoms with Gasteiger partial charge in [-0.15, -0.1) is 0 Å². The van der Waals surface area contributed by atoms with Gasteiger partial charge in [0, 0.05) is 31.3 Å². The van der Waals surface area contributed by atoms with Gasteiger partial charge in [0.25, 0.3) is 0 Å². The quantitative estimate of drug-likeness (QED) is 0.805. The highest BCUT2D eigenvalue weighted by molar-refractivity contribution is 5.34. The molecule has 3 rings (SSSR count). The van der Waals surface area contributed by atoms with Crippen molar-refractivity contribution in [2.75, 3.05) is 11.4 Å². The smallest absolute Gasteiger partial charge is 0.225 e. The molecule has 0 bridgehead atoms. The molecule has 0 aromatic carbocycles. The third-order valence-corrected chi connectivity index (χ3v) is 3.24. The van der Waals surface area contributed by atoms with E-state index < -0.39 is 0 Å². The van der Waals surface area contributed by atoms with E-state index in [9.17, 15) is 0 Å². The van der Waals surface area contributed by atoms with Crippen LogP contribution in [0.1, 0.15) is 31.0 Å². The van der Waals surface area contributed by atoms with Crippen LogP contribution >= 0.6 is 0 Å². The predicted octanol–water partition coefficient (Wildman–Crippen LogP) is 2.00. The number of hydrogen-bond acceptors (Lipinski definition) is 5. The lowest BCUT2D eigenvalue weighted by atomic mass is 10.00. The van der Waals surface area contributed by atoms with Gasteiger partial charge in [0.1, 0.15) is 0 Å². The summed E-state index contributed by atoms with van der Waals surface area (Å²) >= 11 is 0. The van der Waals surface area contributed by atoms with Crippen molar-refractivity contribution in [1.29, 1.82) is 0 Å². The summed E-state index contributed by atoms with van der Waals surface area (Å²) in [6.07, 6.45) is 12.3. The molecule has 1 atom stereocenters. The third-order valence-electron chi connectivity index (χ3n) is 3.24. The van der Waals surface area contributed by atoms with Crippen LogP contribution in [-0.4, -0.2) is 26.5 Å². The van der Waals surface area contributed by atoms with E-state index in [0.717, 1.165) is 24.6 Å². The molecule has 0 unspecified atom stereocenters. The predicted molar refractivity (Wildman–Crippen MR) is 68.0 cm³/mol. The maximum absolute atomic E-state index is 4.42. The van der Waals surface area contributed by atoms with E-state index in [4.69, 9.17) is 0 Å². The van der Waals surface area contributed by atoms with Gasteiger partial charge in [-0.1, -0.05) is 0 Å². The summed E-state index contributed by atoms with van der Waals surface area (Å²) in [5, 5.41) is 0. The van der Waals surface area contributed by atoms with Crippen molar-refractivity contribution < 1.29 is 0 Å². The zero-order valence-corrected chi connectivity index (χ0v) is 10.1. The monoisotopic (exact) mass is 241 g/mol. The minimum absolute atomic E-state index is 0.245. The van der Waals surface area contributed by atoms with Crippen LogP contribution in [0.3, 0.4) is 0 Å². The fourth-order valence-corrected chi connectivity index (χ4v) is 2.40. The van der Waals surface area contributed by atoms with Gasteiger partial charge in [0.2, 0.25) is 5.95 Å². The molecule has 1 aliphatic heterocycles. The van der Waals surface area contributed by atoms with Gasteiger partial charge in [-0.05, 0) is 25.3 Å². The first-order valence-corrected chi connectivity index (χ1v) is 6.25. The summed E-state index contributed by atoms with van der Waals surface area (Å²) < 4.78 is 0. The van der Waals surface area contributed by atoms with Crippen LogP contribution in [0.25, 0.3) is 0 Å². The van der Waals surface area contributed by atoms with Crippen molar-refractivity contribution in [2.45, 2.75) is 25.3 Å². The molecule has 0 radical (unpaired) electrons. The van der Waals surface area contributed by atoms with Gasteiger partial charge in [-0.25, -0.2) is 9.97 Å². The first kappa shape index (κ1) is 11.1. The number of nitrogens with zero attached hydrogens (tertiary/aromatic N) is 5. The van der Waals surface area contributed by atoms with E-state index in [1.807, 2.05) is 12.3 Å². The Balaban J connectivity index is 1.92. The minimum Gasteiger partial charge on any atom is -0.332 e. The molecule has 0 amide bonds. The molecular formula is C13H15N5. The zero-order valence-electron chi connectivity index (χ0n) is 10.1. The van der Waals surface area contributed by atoms with Gasteiger partial charge in [0.05, 0.1) is 17.9 Å². The largest absolute Gasteiger partial charge is 0.332 e. The highest BCUT2D eigenvalue weighted by Crippen LogP contribution is 2.31. The van der Waals surface area contributed by atoms with Crippen LogP contribution in [0.15, 0.2) is 37.1 Å². The van der Waals surface area contributed by atoms with Crippen molar-refractivity contribution in [3.8, 4) is 0 Å². The molecule has 1 saturated heterocycles. The molecule has 92 valence electrons. The second-order valence-corrected chi connectivity index (χ2v) is 4.38. The number of hydrogen-bond donors (Lipinski definition) is 0. The second-order valence-electron chi connectivity index (χ2n) is 4.38. The van der Waals surface area contributed by atoms with E-state index in [-0.39, 0.29) is 6.04 Å². The normalized spacial score (nSPS) is 19.8. The average molecular weight is 241 g/mol. The Kier molecular flexibility index (Phi) is 3.12. The molecule has 18 heavy (non-hydrogen) atoms. The molecule has 5 nitrogen and oxygen atoms in total. The van der Waals surface area contributed by atoms with Gasteiger partial charge >= 0.3 is 0 Å². The van der Waals surface area contributed by atoms with Crippen molar-refractivity contribution in [2.24, 2.45) is 0 Å². The maximum Gasteiger partial charge on any atom is 0.225 e. The highest BCUT2D eigenvalue weighted by atomic mass is 15.3.